The van der Waals surface area contributed by atoms with Crippen LogP contribution in [0.1, 0.15) is 123 Å². The molecule has 0 aliphatic carbocycles. The average molecular weight is 509 g/mol. The summed E-state index contributed by atoms with van der Waals surface area (Å²) in [4.78, 5) is 0. The van der Waals surface area contributed by atoms with Gasteiger partial charge in [-0.05, 0) is 36.7 Å². The Labute approximate surface area is 221 Å². The topological polar surface area (TPSA) is 41.5 Å². The van der Waals surface area contributed by atoms with Crippen molar-refractivity contribution < 1.29 is 14.0 Å². The molecule has 0 saturated heterocycles. The molecule has 0 spiro atoms. The minimum Gasteiger partial charge on any atom is -0.617 e. The van der Waals surface area contributed by atoms with Crippen LogP contribution in [0.4, 0.5) is 0 Å². The van der Waals surface area contributed by atoms with E-state index in [9.17, 15) is 4.55 Å². The van der Waals surface area contributed by atoms with E-state index in [1.54, 1.807) is 0 Å². The third-order valence-electron chi connectivity index (χ3n) is 6.44. The molecular formula is C31H56O3S. The first-order chi connectivity index (χ1) is 16.9. The maximum absolute atomic E-state index is 11.0. The molecule has 1 aromatic carbocycles. The lowest BCUT2D eigenvalue weighted by Gasteiger charge is -2.26. The van der Waals surface area contributed by atoms with E-state index in [1.807, 2.05) is 12.3 Å². The van der Waals surface area contributed by atoms with Crippen LogP contribution in [0.3, 0.4) is 0 Å². The smallest absolute Gasteiger partial charge is 0.105 e. The summed E-state index contributed by atoms with van der Waals surface area (Å²) < 4.78 is 23.2. The van der Waals surface area contributed by atoms with Gasteiger partial charge in [0.25, 0.3) is 0 Å². The van der Waals surface area contributed by atoms with Crippen LogP contribution in [0, 0.1) is 5.41 Å². The largest absolute Gasteiger partial charge is 0.617 e. The van der Waals surface area contributed by atoms with Crippen molar-refractivity contribution in [3.05, 3.63) is 35.9 Å². The van der Waals surface area contributed by atoms with Crippen molar-refractivity contribution in [1.29, 1.82) is 0 Å². The first-order valence-electron chi connectivity index (χ1n) is 14.4. The second kappa shape index (κ2) is 21.5. The Hall–Kier alpha value is -0.550. The molecule has 0 aliphatic heterocycles. The lowest BCUT2D eigenvalue weighted by Crippen LogP contribution is -2.26. The van der Waals surface area contributed by atoms with Gasteiger partial charge in [-0.25, -0.2) is 0 Å². The van der Waals surface area contributed by atoms with Gasteiger partial charge in [0.2, 0.25) is 0 Å². The molecule has 0 saturated carbocycles. The third-order valence-corrected chi connectivity index (χ3v) is 7.31. The molecule has 0 heterocycles. The Balaban J connectivity index is 1.92. The van der Waals surface area contributed by atoms with E-state index in [2.05, 4.69) is 45.0 Å². The Kier molecular flexibility index (Phi) is 20.0. The van der Waals surface area contributed by atoms with Gasteiger partial charge in [0, 0.05) is 6.61 Å². The molecule has 4 heteroatoms. The Morgan fingerprint density at radius 1 is 0.743 bits per heavy atom. The second-order valence-corrected chi connectivity index (χ2v) is 13.0. The maximum Gasteiger partial charge on any atom is 0.105 e. The fraction of sp³-hybridized carbons (Fsp3) is 0.806. The van der Waals surface area contributed by atoms with Crippen LogP contribution in [0.25, 0.3) is 0 Å². The predicted molar refractivity (Wildman–Crippen MR) is 153 cm³/mol. The molecule has 204 valence electrons. The highest BCUT2D eigenvalue weighted by Crippen LogP contribution is 2.23. The first-order valence-corrected chi connectivity index (χ1v) is 16.1. The number of hydrogen-bond donors (Lipinski definition) is 0. The minimum atomic E-state index is -0.606. The third kappa shape index (κ3) is 22.4. The van der Waals surface area contributed by atoms with Crippen molar-refractivity contribution >= 4 is 11.2 Å². The lowest BCUT2D eigenvalue weighted by molar-refractivity contribution is -0.0430. The summed E-state index contributed by atoms with van der Waals surface area (Å²) in [6.07, 6.45) is 21.5. The first kappa shape index (κ1) is 32.5. The molecule has 0 bridgehead atoms. The van der Waals surface area contributed by atoms with Crippen LogP contribution >= 0.6 is 0 Å². The SMILES string of the molecule is C[S+]([O-])CCCCCCCCCCCCCCCCOCC(CC(C)(C)C)OCc1ccccc1. The molecule has 1 rings (SSSR count). The molecule has 0 amide bonds. The molecule has 0 fully saturated rings. The maximum atomic E-state index is 11.0. The zero-order chi connectivity index (χ0) is 25.6. The number of benzene rings is 1. The fourth-order valence-electron chi connectivity index (χ4n) is 4.48. The number of rotatable bonds is 23. The molecule has 0 aromatic heterocycles. The van der Waals surface area contributed by atoms with E-state index in [4.69, 9.17) is 9.47 Å². The van der Waals surface area contributed by atoms with Gasteiger partial charge in [0.1, 0.15) is 5.75 Å². The molecule has 3 nitrogen and oxygen atoms in total. The van der Waals surface area contributed by atoms with Crippen molar-refractivity contribution in [2.45, 2.75) is 130 Å². The summed E-state index contributed by atoms with van der Waals surface area (Å²) >= 11 is -0.606. The van der Waals surface area contributed by atoms with Gasteiger partial charge in [0.05, 0.1) is 25.6 Å². The van der Waals surface area contributed by atoms with Crippen LogP contribution in [-0.4, -0.2) is 35.9 Å². The molecule has 2 atom stereocenters. The van der Waals surface area contributed by atoms with Gasteiger partial charge in [-0.3, -0.25) is 0 Å². The van der Waals surface area contributed by atoms with E-state index in [0.29, 0.717) is 13.2 Å². The number of unbranched alkanes of at least 4 members (excludes halogenated alkanes) is 13. The summed E-state index contributed by atoms with van der Waals surface area (Å²) in [5.41, 5.74) is 1.47. The molecule has 35 heavy (non-hydrogen) atoms. The molecule has 0 radical (unpaired) electrons. The Bertz CT molecular complexity index is 570. The van der Waals surface area contributed by atoms with Crippen LogP contribution in [-0.2, 0) is 27.3 Å². The zero-order valence-electron chi connectivity index (χ0n) is 23.5. The molecule has 2 unspecified atom stereocenters. The van der Waals surface area contributed by atoms with Crippen molar-refractivity contribution in [2.75, 3.05) is 25.2 Å². The van der Waals surface area contributed by atoms with E-state index >= 15 is 0 Å². The highest BCUT2D eigenvalue weighted by atomic mass is 32.2. The van der Waals surface area contributed by atoms with Crippen molar-refractivity contribution in [2.24, 2.45) is 5.41 Å². The van der Waals surface area contributed by atoms with Crippen molar-refractivity contribution in [3.63, 3.8) is 0 Å². The van der Waals surface area contributed by atoms with E-state index < -0.39 is 11.2 Å². The van der Waals surface area contributed by atoms with E-state index in [-0.39, 0.29) is 11.5 Å². The van der Waals surface area contributed by atoms with E-state index in [1.165, 1.54) is 82.6 Å². The standard InChI is InChI=1S/C31H56O3S/c1-31(2,3)26-30(34-27-29-22-18-17-19-23-29)28-33-24-20-15-13-11-9-7-5-6-8-10-12-14-16-21-25-35(4)32/h17-19,22-23,30H,5-16,20-21,24-28H2,1-4H3. The zero-order valence-corrected chi connectivity index (χ0v) is 24.3. The molecule has 0 aliphatic rings. The highest BCUT2D eigenvalue weighted by molar-refractivity contribution is 7.90. The number of ether oxygens (including phenoxy) is 2. The Morgan fingerprint density at radius 3 is 1.71 bits per heavy atom. The van der Waals surface area contributed by atoms with Crippen LogP contribution in [0.5, 0.6) is 0 Å². The van der Waals surface area contributed by atoms with Gasteiger partial charge in [-0.1, -0.05) is 133 Å². The monoisotopic (exact) mass is 508 g/mol. The molecular weight excluding hydrogens is 452 g/mol. The summed E-state index contributed by atoms with van der Waals surface area (Å²) in [6.45, 7) is 9.03. The van der Waals surface area contributed by atoms with Gasteiger partial charge in [-0.2, -0.15) is 0 Å². The van der Waals surface area contributed by atoms with Gasteiger partial charge in [0.15, 0.2) is 0 Å². The normalized spacial score (nSPS) is 13.7. The highest BCUT2D eigenvalue weighted by Gasteiger charge is 2.19. The molecule has 1 aromatic rings. The molecule has 0 N–H and O–H groups in total. The van der Waals surface area contributed by atoms with Crippen molar-refractivity contribution in [3.8, 4) is 0 Å². The lowest BCUT2D eigenvalue weighted by atomic mass is 9.89. The summed E-state index contributed by atoms with van der Waals surface area (Å²) in [7, 11) is 0. The quantitative estimate of drug-likeness (QED) is 0.109. The summed E-state index contributed by atoms with van der Waals surface area (Å²) in [6, 6.07) is 10.4. The number of hydrogen-bond acceptors (Lipinski definition) is 3. The van der Waals surface area contributed by atoms with Crippen LogP contribution < -0.4 is 0 Å². The van der Waals surface area contributed by atoms with Gasteiger partial charge in [-0.15, -0.1) is 0 Å². The second-order valence-electron chi connectivity index (χ2n) is 11.5. The van der Waals surface area contributed by atoms with Crippen LogP contribution in [0.2, 0.25) is 0 Å². The summed E-state index contributed by atoms with van der Waals surface area (Å²) in [5.74, 6) is 0.884. The van der Waals surface area contributed by atoms with Crippen molar-refractivity contribution in [1.82, 2.24) is 0 Å². The average Bonchev–Trinajstić information content (AvgIpc) is 2.81. The minimum absolute atomic E-state index is 0.156. The Morgan fingerprint density at radius 2 is 1.23 bits per heavy atom. The predicted octanol–water partition coefficient (Wildman–Crippen LogP) is 8.86. The van der Waals surface area contributed by atoms with E-state index in [0.717, 1.165) is 31.6 Å². The van der Waals surface area contributed by atoms with Gasteiger partial charge >= 0.3 is 0 Å². The fourth-order valence-corrected chi connectivity index (χ4v) is 5.09. The summed E-state index contributed by atoms with van der Waals surface area (Å²) in [5, 5.41) is 0. The van der Waals surface area contributed by atoms with Crippen LogP contribution in [0.15, 0.2) is 30.3 Å². The van der Waals surface area contributed by atoms with Gasteiger partial charge < -0.3 is 14.0 Å².